The van der Waals surface area contributed by atoms with Crippen LogP contribution in [0.2, 0.25) is 0 Å². The second-order valence-corrected chi connectivity index (χ2v) is 4.73. The molecule has 0 amide bonds. The third-order valence-electron chi connectivity index (χ3n) is 1.57. The zero-order chi connectivity index (χ0) is 8.81. The minimum absolute atomic E-state index is 0.132. The Morgan fingerprint density at radius 1 is 1.42 bits per heavy atom. The van der Waals surface area contributed by atoms with E-state index in [4.69, 9.17) is 10.5 Å². The van der Waals surface area contributed by atoms with E-state index in [9.17, 15) is 0 Å². The van der Waals surface area contributed by atoms with Crippen molar-refractivity contribution >= 4 is 0 Å². The molecule has 0 radical (unpaired) electrons. The Balaban J connectivity index is 2.20. The van der Waals surface area contributed by atoms with Gasteiger partial charge in [-0.15, -0.1) is 0 Å². The number of hydrogen-bond acceptors (Lipinski definition) is 2. The van der Waals surface area contributed by atoms with E-state index in [1.807, 2.05) is 6.92 Å². The van der Waals surface area contributed by atoms with Crippen molar-refractivity contribution in [3.63, 3.8) is 0 Å². The maximum absolute atomic E-state index is 5.54. The maximum atomic E-state index is 5.54. The molecule has 2 N–H and O–H groups in total. The predicted molar refractivity (Wildman–Crippen MR) is 45.8 cm³/mol. The summed E-state index contributed by atoms with van der Waals surface area (Å²) in [6, 6.07) is 0. The molecule has 12 heavy (non-hydrogen) atoms. The standard InChI is InChI=1S/C9H15INO/c1-8-6-10-7-9(12-8)4-2-3-5-11/h6-7H,2-5,11H2,1H3/q-1. The molecule has 0 fully saturated rings. The summed E-state index contributed by atoms with van der Waals surface area (Å²) in [5.41, 5.74) is 5.41. The van der Waals surface area contributed by atoms with Crippen molar-refractivity contribution in [2.45, 2.75) is 26.2 Å². The van der Waals surface area contributed by atoms with Crippen LogP contribution in [0.4, 0.5) is 0 Å². The van der Waals surface area contributed by atoms with Crippen molar-refractivity contribution in [1.29, 1.82) is 0 Å². The summed E-state index contributed by atoms with van der Waals surface area (Å²) in [6.45, 7) is 2.81. The molecule has 0 aromatic carbocycles. The summed E-state index contributed by atoms with van der Waals surface area (Å²) in [7, 11) is 0. The zero-order valence-electron chi connectivity index (χ0n) is 7.35. The van der Waals surface area contributed by atoms with Gasteiger partial charge in [-0.25, -0.2) is 0 Å². The molecule has 0 spiro atoms. The zero-order valence-corrected chi connectivity index (χ0v) is 9.50. The molecule has 3 heteroatoms. The second kappa shape index (κ2) is 5.59. The first-order valence-corrected chi connectivity index (χ1v) is 6.68. The van der Waals surface area contributed by atoms with Gasteiger partial charge in [-0.2, -0.15) is 0 Å². The third-order valence-corrected chi connectivity index (χ3v) is 3.86. The van der Waals surface area contributed by atoms with Crippen LogP contribution >= 0.6 is 0 Å². The molecule has 1 aliphatic rings. The summed E-state index contributed by atoms with van der Waals surface area (Å²) in [5, 5.41) is 0. The van der Waals surface area contributed by atoms with Crippen molar-refractivity contribution in [1.82, 2.24) is 0 Å². The van der Waals surface area contributed by atoms with Gasteiger partial charge >= 0.3 is 84.1 Å². The molecule has 0 aromatic rings. The topological polar surface area (TPSA) is 35.2 Å². The SMILES string of the molecule is CC1=C[I-]C=C(CCCCN)O1. The molecule has 1 heterocycles. The van der Waals surface area contributed by atoms with Crippen LogP contribution in [0, 0.1) is 0 Å². The molecule has 1 rings (SSSR count). The Bertz CT molecular complexity index is 199. The van der Waals surface area contributed by atoms with Crippen molar-refractivity contribution in [3.05, 3.63) is 19.7 Å². The van der Waals surface area contributed by atoms with Gasteiger partial charge in [-0.05, 0) is 0 Å². The average molecular weight is 280 g/mol. The quantitative estimate of drug-likeness (QED) is 0.526. The number of rotatable bonds is 4. The van der Waals surface area contributed by atoms with Crippen molar-refractivity contribution in [3.8, 4) is 0 Å². The monoisotopic (exact) mass is 280 g/mol. The minimum atomic E-state index is 0.132. The van der Waals surface area contributed by atoms with E-state index in [0.717, 1.165) is 37.3 Å². The Kier molecular flexibility index (Phi) is 4.68. The summed E-state index contributed by atoms with van der Waals surface area (Å²) in [4.78, 5) is 0. The third kappa shape index (κ3) is 3.58. The van der Waals surface area contributed by atoms with Gasteiger partial charge in [0.05, 0.1) is 0 Å². The Hall–Kier alpha value is -0.0300. The van der Waals surface area contributed by atoms with E-state index in [-0.39, 0.29) is 21.2 Å². The first-order valence-electron chi connectivity index (χ1n) is 4.18. The van der Waals surface area contributed by atoms with Crippen LogP contribution in [0.15, 0.2) is 19.7 Å². The molecular formula is C9H15INO-. The molecule has 0 unspecified atom stereocenters. The molecule has 2 nitrogen and oxygen atoms in total. The van der Waals surface area contributed by atoms with Gasteiger partial charge in [0.1, 0.15) is 0 Å². The Labute approximate surface area is 84.1 Å². The molecule has 0 bridgehead atoms. The molecule has 0 aliphatic carbocycles. The predicted octanol–water partition coefficient (Wildman–Crippen LogP) is -1.06. The summed E-state index contributed by atoms with van der Waals surface area (Å²) >= 11 is 0.132. The van der Waals surface area contributed by atoms with E-state index >= 15 is 0 Å². The normalized spacial score (nSPS) is 17.2. The van der Waals surface area contributed by atoms with Crippen molar-refractivity contribution in [2.24, 2.45) is 5.73 Å². The number of halogens is 1. The van der Waals surface area contributed by atoms with Crippen LogP contribution in [0.5, 0.6) is 0 Å². The first-order chi connectivity index (χ1) is 5.83. The van der Waals surface area contributed by atoms with Crippen LogP contribution in [0.25, 0.3) is 0 Å². The van der Waals surface area contributed by atoms with E-state index in [1.54, 1.807) is 0 Å². The fourth-order valence-electron chi connectivity index (χ4n) is 0.991. The number of nitrogens with two attached hydrogens (primary N) is 1. The summed E-state index contributed by atoms with van der Waals surface area (Å²) < 4.78 is 9.99. The van der Waals surface area contributed by atoms with E-state index in [2.05, 4.69) is 8.17 Å². The van der Waals surface area contributed by atoms with E-state index in [1.165, 1.54) is 0 Å². The number of unbranched alkanes of at least 4 members (excludes halogenated alkanes) is 1. The first kappa shape index (κ1) is 10.1. The Morgan fingerprint density at radius 2 is 2.25 bits per heavy atom. The van der Waals surface area contributed by atoms with Crippen LogP contribution < -0.4 is 26.9 Å². The Morgan fingerprint density at radius 3 is 2.92 bits per heavy atom. The fourth-order valence-corrected chi connectivity index (χ4v) is 2.64. The summed E-state index contributed by atoms with van der Waals surface area (Å²) in [6.07, 6.45) is 3.31. The van der Waals surface area contributed by atoms with Crippen LogP contribution in [-0.4, -0.2) is 6.54 Å². The fraction of sp³-hybridized carbons (Fsp3) is 0.556. The van der Waals surface area contributed by atoms with Gasteiger partial charge in [0.2, 0.25) is 0 Å². The molecule has 0 saturated carbocycles. The number of ether oxygens (including phenoxy) is 1. The molecular weight excluding hydrogens is 265 g/mol. The van der Waals surface area contributed by atoms with Gasteiger partial charge in [0.15, 0.2) is 0 Å². The number of allylic oxidation sites excluding steroid dienone is 2. The van der Waals surface area contributed by atoms with Gasteiger partial charge in [0, 0.05) is 0 Å². The molecule has 0 saturated heterocycles. The number of hydrogen-bond donors (Lipinski definition) is 1. The van der Waals surface area contributed by atoms with Crippen molar-refractivity contribution < 1.29 is 25.9 Å². The van der Waals surface area contributed by atoms with Gasteiger partial charge in [-0.3, -0.25) is 0 Å². The second-order valence-electron chi connectivity index (χ2n) is 2.77. The molecule has 0 atom stereocenters. The summed E-state index contributed by atoms with van der Waals surface area (Å²) in [5.74, 6) is 2.24. The van der Waals surface area contributed by atoms with Crippen LogP contribution in [0.1, 0.15) is 26.2 Å². The van der Waals surface area contributed by atoms with Gasteiger partial charge in [0.25, 0.3) is 0 Å². The van der Waals surface area contributed by atoms with E-state index in [0.29, 0.717) is 0 Å². The van der Waals surface area contributed by atoms with Crippen LogP contribution in [0.3, 0.4) is 0 Å². The van der Waals surface area contributed by atoms with Crippen LogP contribution in [-0.2, 0) is 4.74 Å². The van der Waals surface area contributed by atoms with Gasteiger partial charge in [-0.1, -0.05) is 0 Å². The van der Waals surface area contributed by atoms with Gasteiger partial charge < -0.3 is 0 Å². The molecule has 70 valence electrons. The molecule has 0 aromatic heterocycles. The van der Waals surface area contributed by atoms with Crippen molar-refractivity contribution in [2.75, 3.05) is 6.54 Å². The van der Waals surface area contributed by atoms with E-state index < -0.39 is 0 Å². The molecule has 1 aliphatic heterocycles. The average Bonchev–Trinajstić information content (AvgIpc) is 2.05.